The average Bonchev–Trinajstić information content (AvgIpc) is 3.31. The summed E-state index contributed by atoms with van der Waals surface area (Å²) in [7, 11) is 0. The highest BCUT2D eigenvalue weighted by Crippen LogP contribution is 2.32. The number of nitrogens with one attached hydrogen (secondary N) is 2. The molecule has 0 saturated heterocycles. The predicted molar refractivity (Wildman–Crippen MR) is 126 cm³/mol. The Labute approximate surface area is 191 Å². The van der Waals surface area contributed by atoms with Crippen molar-refractivity contribution in [2.24, 2.45) is 0 Å². The molecule has 1 aliphatic rings. The van der Waals surface area contributed by atoms with E-state index < -0.39 is 0 Å². The summed E-state index contributed by atoms with van der Waals surface area (Å²) in [6, 6.07) is 24.8. The summed E-state index contributed by atoms with van der Waals surface area (Å²) in [5, 5.41) is 6.24. The largest absolute Gasteiger partial charge is 0.454 e. The quantitative estimate of drug-likeness (QED) is 0.447. The molecule has 4 aromatic rings. The van der Waals surface area contributed by atoms with Gasteiger partial charge < -0.3 is 20.1 Å². The van der Waals surface area contributed by atoms with Crippen LogP contribution in [0.15, 0.2) is 78.9 Å². The van der Waals surface area contributed by atoms with Crippen molar-refractivity contribution < 1.29 is 14.3 Å². The fourth-order valence-corrected chi connectivity index (χ4v) is 3.61. The van der Waals surface area contributed by atoms with Gasteiger partial charge >= 0.3 is 0 Å². The van der Waals surface area contributed by atoms with Gasteiger partial charge in [0.25, 0.3) is 5.91 Å². The molecule has 0 atom stereocenters. The van der Waals surface area contributed by atoms with Crippen molar-refractivity contribution in [1.82, 2.24) is 15.3 Å². The van der Waals surface area contributed by atoms with Crippen LogP contribution in [0.5, 0.6) is 11.5 Å². The zero-order valence-corrected chi connectivity index (χ0v) is 18.0. The summed E-state index contributed by atoms with van der Waals surface area (Å²) >= 11 is 0. The average molecular weight is 438 g/mol. The Kier molecular flexibility index (Phi) is 5.59. The van der Waals surface area contributed by atoms with Crippen LogP contribution < -0.4 is 20.1 Å². The van der Waals surface area contributed by atoms with E-state index in [1.807, 2.05) is 73.7 Å². The first kappa shape index (κ1) is 20.5. The maximum absolute atomic E-state index is 12.7. The van der Waals surface area contributed by atoms with Gasteiger partial charge in [0.2, 0.25) is 6.79 Å². The lowest BCUT2D eigenvalue weighted by Gasteiger charge is -2.11. The first-order valence-corrected chi connectivity index (χ1v) is 10.6. The SMILES string of the molecule is Cc1nc(Nc2cccc(C(=O)NCc3ccc4c(c3)OCO4)c2)cc(-c2ccccc2)n1. The molecule has 7 nitrogen and oxygen atoms in total. The number of nitrogens with zero attached hydrogens (tertiary/aromatic N) is 2. The van der Waals surface area contributed by atoms with E-state index in [4.69, 9.17) is 9.47 Å². The molecule has 2 heterocycles. The Bertz CT molecular complexity index is 1310. The molecule has 7 heteroatoms. The van der Waals surface area contributed by atoms with Crippen LogP contribution in [0.2, 0.25) is 0 Å². The molecule has 33 heavy (non-hydrogen) atoms. The smallest absolute Gasteiger partial charge is 0.251 e. The van der Waals surface area contributed by atoms with E-state index in [1.54, 1.807) is 12.1 Å². The standard InChI is InChI=1S/C26H22N4O3/c1-17-28-22(19-6-3-2-4-7-19)14-25(29-17)30-21-9-5-8-20(13-21)26(31)27-15-18-10-11-23-24(12-18)33-16-32-23/h2-14H,15-16H2,1H3,(H,27,31)(H,28,29,30). The molecular weight excluding hydrogens is 416 g/mol. The Hall–Kier alpha value is -4.39. The number of hydrogen-bond acceptors (Lipinski definition) is 6. The molecule has 0 radical (unpaired) electrons. The van der Waals surface area contributed by atoms with E-state index in [0.717, 1.165) is 28.3 Å². The van der Waals surface area contributed by atoms with Crippen LogP contribution in [0, 0.1) is 6.92 Å². The molecular formula is C26H22N4O3. The number of ether oxygens (including phenoxy) is 2. The van der Waals surface area contributed by atoms with Crippen LogP contribution >= 0.6 is 0 Å². The zero-order valence-electron chi connectivity index (χ0n) is 18.0. The number of carbonyl (C=O) groups excluding carboxylic acids is 1. The van der Waals surface area contributed by atoms with Crippen molar-refractivity contribution in [2.45, 2.75) is 13.5 Å². The summed E-state index contributed by atoms with van der Waals surface area (Å²) in [6.07, 6.45) is 0. The van der Waals surface area contributed by atoms with Crippen molar-refractivity contribution in [1.29, 1.82) is 0 Å². The van der Waals surface area contributed by atoms with E-state index in [0.29, 0.717) is 29.5 Å². The molecule has 0 unspecified atom stereocenters. The van der Waals surface area contributed by atoms with Gasteiger partial charge in [-0.1, -0.05) is 42.5 Å². The van der Waals surface area contributed by atoms with Crippen LogP contribution in [-0.4, -0.2) is 22.7 Å². The molecule has 0 saturated carbocycles. The van der Waals surface area contributed by atoms with Crippen molar-refractivity contribution in [3.63, 3.8) is 0 Å². The number of anilines is 2. The number of aryl methyl sites for hydroxylation is 1. The molecule has 0 aliphatic carbocycles. The second-order valence-corrected chi connectivity index (χ2v) is 7.63. The van der Waals surface area contributed by atoms with Crippen LogP contribution in [0.3, 0.4) is 0 Å². The second kappa shape index (κ2) is 9.00. The summed E-state index contributed by atoms with van der Waals surface area (Å²) in [5.74, 6) is 2.58. The second-order valence-electron chi connectivity index (χ2n) is 7.63. The lowest BCUT2D eigenvalue weighted by atomic mass is 10.1. The highest BCUT2D eigenvalue weighted by atomic mass is 16.7. The van der Waals surface area contributed by atoms with Gasteiger partial charge in [-0.3, -0.25) is 4.79 Å². The fourth-order valence-electron chi connectivity index (χ4n) is 3.61. The van der Waals surface area contributed by atoms with Gasteiger partial charge in [0, 0.05) is 29.4 Å². The molecule has 1 aliphatic heterocycles. The molecule has 2 N–H and O–H groups in total. The highest BCUT2D eigenvalue weighted by Gasteiger charge is 2.14. The lowest BCUT2D eigenvalue weighted by molar-refractivity contribution is 0.0951. The van der Waals surface area contributed by atoms with E-state index in [1.165, 1.54) is 0 Å². The third-order valence-corrected chi connectivity index (χ3v) is 5.19. The summed E-state index contributed by atoms with van der Waals surface area (Å²) < 4.78 is 10.7. The number of fused-ring (bicyclic) bond motifs is 1. The Balaban J connectivity index is 1.28. The molecule has 5 rings (SSSR count). The van der Waals surface area contributed by atoms with Gasteiger partial charge in [0.1, 0.15) is 11.6 Å². The molecule has 164 valence electrons. The maximum atomic E-state index is 12.7. The summed E-state index contributed by atoms with van der Waals surface area (Å²) in [6.45, 7) is 2.47. The van der Waals surface area contributed by atoms with Gasteiger partial charge in [0.15, 0.2) is 11.5 Å². The highest BCUT2D eigenvalue weighted by molar-refractivity contribution is 5.95. The monoisotopic (exact) mass is 438 g/mol. The summed E-state index contributed by atoms with van der Waals surface area (Å²) in [4.78, 5) is 21.8. The van der Waals surface area contributed by atoms with E-state index in [2.05, 4.69) is 20.6 Å². The van der Waals surface area contributed by atoms with Gasteiger partial charge in [-0.2, -0.15) is 0 Å². The predicted octanol–water partition coefficient (Wildman–Crippen LogP) is 4.85. The minimum atomic E-state index is -0.167. The Morgan fingerprint density at radius 1 is 0.909 bits per heavy atom. The first-order chi connectivity index (χ1) is 16.1. The van der Waals surface area contributed by atoms with Gasteiger partial charge in [-0.15, -0.1) is 0 Å². The molecule has 1 aromatic heterocycles. The van der Waals surface area contributed by atoms with Crippen molar-refractivity contribution in [3.05, 3.63) is 95.8 Å². The molecule has 3 aromatic carbocycles. The van der Waals surface area contributed by atoms with E-state index in [-0.39, 0.29) is 12.7 Å². The fraction of sp³-hybridized carbons (Fsp3) is 0.115. The third kappa shape index (κ3) is 4.77. The number of rotatable bonds is 6. The Morgan fingerprint density at radius 2 is 1.76 bits per heavy atom. The van der Waals surface area contributed by atoms with Crippen LogP contribution in [0.25, 0.3) is 11.3 Å². The number of carbonyl (C=O) groups is 1. The maximum Gasteiger partial charge on any atom is 0.251 e. The van der Waals surface area contributed by atoms with E-state index in [9.17, 15) is 4.79 Å². The number of benzene rings is 3. The number of hydrogen-bond donors (Lipinski definition) is 2. The van der Waals surface area contributed by atoms with Crippen molar-refractivity contribution in [2.75, 3.05) is 12.1 Å². The normalized spacial score (nSPS) is 11.8. The summed E-state index contributed by atoms with van der Waals surface area (Å²) in [5.41, 5.74) is 4.11. The third-order valence-electron chi connectivity index (χ3n) is 5.19. The van der Waals surface area contributed by atoms with Crippen LogP contribution in [-0.2, 0) is 6.54 Å². The van der Waals surface area contributed by atoms with Gasteiger partial charge in [-0.25, -0.2) is 9.97 Å². The topological polar surface area (TPSA) is 85.4 Å². The molecule has 0 spiro atoms. The molecule has 0 fully saturated rings. The van der Waals surface area contributed by atoms with Crippen molar-refractivity contribution >= 4 is 17.4 Å². The minimum Gasteiger partial charge on any atom is -0.454 e. The van der Waals surface area contributed by atoms with Crippen LogP contribution in [0.1, 0.15) is 21.7 Å². The zero-order chi connectivity index (χ0) is 22.6. The van der Waals surface area contributed by atoms with Gasteiger partial charge in [0.05, 0.1) is 5.69 Å². The van der Waals surface area contributed by atoms with E-state index >= 15 is 0 Å². The number of amides is 1. The minimum absolute atomic E-state index is 0.167. The molecule has 1 amide bonds. The lowest BCUT2D eigenvalue weighted by Crippen LogP contribution is -2.22. The van der Waals surface area contributed by atoms with Crippen molar-refractivity contribution in [3.8, 4) is 22.8 Å². The number of aromatic nitrogens is 2. The molecule has 0 bridgehead atoms. The van der Waals surface area contributed by atoms with Crippen LogP contribution in [0.4, 0.5) is 11.5 Å². The Morgan fingerprint density at radius 3 is 2.64 bits per heavy atom. The first-order valence-electron chi connectivity index (χ1n) is 10.6. The van der Waals surface area contributed by atoms with Gasteiger partial charge in [-0.05, 0) is 42.8 Å².